The molecule has 2 N–H and O–H groups in total. The van der Waals surface area contributed by atoms with Crippen LogP contribution in [-0.4, -0.2) is 32.6 Å². The lowest BCUT2D eigenvalue weighted by atomic mass is 10.2. The molecule has 1 saturated heterocycles. The van der Waals surface area contributed by atoms with Crippen LogP contribution < -0.4 is 10.6 Å². The van der Waals surface area contributed by atoms with E-state index in [2.05, 4.69) is 20.8 Å². The SMILES string of the molecule is CC(NC1CC(=O)NC1=O)c1nncn1C. The van der Waals surface area contributed by atoms with E-state index >= 15 is 0 Å². The number of hydrogen-bond acceptors (Lipinski definition) is 5. The van der Waals surface area contributed by atoms with Gasteiger partial charge in [-0.1, -0.05) is 0 Å². The average Bonchev–Trinajstić information content (AvgIpc) is 2.74. The molecular formula is C9H13N5O2. The van der Waals surface area contributed by atoms with Crippen molar-refractivity contribution in [1.82, 2.24) is 25.4 Å². The minimum absolute atomic E-state index is 0.130. The number of amides is 2. The number of aromatic nitrogens is 3. The van der Waals surface area contributed by atoms with E-state index in [1.807, 2.05) is 14.0 Å². The van der Waals surface area contributed by atoms with Gasteiger partial charge in [0.25, 0.3) is 0 Å². The van der Waals surface area contributed by atoms with Gasteiger partial charge in [-0.25, -0.2) is 0 Å². The Morgan fingerprint density at radius 1 is 1.62 bits per heavy atom. The number of nitrogens with zero attached hydrogens (tertiary/aromatic N) is 3. The molecule has 0 spiro atoms. The summed E-state index contributed by atoms with van der Waals surface area (Å²) < 4.78 is 1.77. The number of nitrogens with one attached hydrogen (secondary N) is 2. The highest BCUT2D eigenvalue weighted by atomic mass is 16.2. The third kappa shape index (κ3) is 1.94. The summed E-state index contributed by atoms with van der Waals surface area (Å²) in [6, 6.07) is -0.603. The Balaban J connectivity index is 2.03. The van der Waals surface area contributed by atoms with Crippen molar-refractivity contribution in [3.05, 3.63) is 12.2 Å². The van der Waals surface area contributed by atoms with Crippen molar-refractivity contribution in [3.63, 3.8) is 0 Å². The Morgan fingerprint density at radius 2 is 2.38 bits per heavy atom. The number of aryl methyl sites for hydroxylation is 1. The molecule has 7 heteroatoms. The first-order chi connectivity index (χ1) is 7.58. The zero-order valence-electron chi connectivity index (χ0n) is 9.10. The molecule has 86 valence electrons. The summed E-state index contributed by atoms with van der Waals surface area (Å²) in [5.41, 5.74) is 0. The van der Waals surface area contributed by atoms with Crippen LogP contribution in [0.25, 0.3) is 0 Å². The summed E-state index contributed by atoms with van der Waals surface area (Å²) in [7, 11) is 1.83. The highest BCUT2D eigenvalue weighted by Gasteiger charge is 2.32. The van der Waals surface area contributed by atoms with Crippen molar-refractivity contribution < 1.29 is 9.59 Å². The zero-order chi connectivity index (χ0) is 11.7. The number of carbonyl (C=O) groups is 2. The van der Waals surface area contributed by atoms with Crippen LogP contribution in [0.2, 0.25) is 0 Å². The molecule has 2 heterocycles. The fourth-order valence-corrected chi connectivity index (χ4v) is 1.75. The second-order valence-corrected chi connectivity index (χ2v) is 3.86. The van der Waals surface area contributed by atoms with E-state index in [1.165, 1.54) is 0 Å². The Bertz CT molecular complexity index is 427. The van der Waals surface area contributed by atoms with Crippen molar-refractivity contribution in [2.24, 2.45) is 7.05 Å². The van der Waals surface area contributed by atoms with E-state index in [0.29, 0.717) is 0 Å². The number of imide groups is 1. The Labute approximate surface area is 92.2 Å². The maximum atomic E-state index is 11.3. The maximum absolute atomic E-state index is 11.3. The molecule has 7 nitrogen and oxygen atoms in total. The number of rotatable bonds is 3. The number of carbonyl (C=O) groups excluding carboxylic acids is 2. The Hall–Kier alpha value is -1.76. The summed E-state index contributed by atoms with van der Waals surface area (Å²) in [6.45, 7) is 1.88. The molecule has 1 fully saturated rings. The van der Waals surface area contributed by atoms with Crippen LogP contribution in [0, 0.1) is 0 Å². The third-order valence-corrected chi connectivity index (χ3v) is 2.55. The molecule has 1 aromatic heterocycles. The predicted molar refractivity (Wildman–Crippen MR) is 54.1 cm³/mol. The first-order valence-corrected chi connectivity index (χ1v) is 5.01. The molecule has 16 heavy (non-hydrogen) atoms. The lowest BCUT2D eigenvalue weighted by molar-refractivity contribution is -0.125. The van der Waals surface area contributed by atoms with Gasteiger partial charge in [-0.3, -0.25) is 20.2 Å². The second kappa shape index (κ2) is 4.01. The summed E-state index contributed by atoms with van der Waals surface area (Å²) in [5, 5.41) is 13.0. The Morgan fingerprint density at radius 3 is 2.88 bits per heavy atom. The lowest BCUT2D eigenvalue weighted by Crippen LogP contribution is -2.38. The summed E-state index contributed by atoms with van der Waals surface area (Å²) in [5.74, 6) is 0.207. The van der Waals surface area contributed by atoms with E-state index in [0.717, 1.165) is 5.82 Å². The molecule has 0 bridgehead atoms. The molecular weight excluding hydrogens is 210 g/mol. The van der Waals surface area contributed by atoms with Crippen LogP contribution in [0.1, 0.15) is 25.2 Å². The normalized spacial score (nSPS) is 22.2. The van der Waals surface area contributed by atoms with Crippen LogP contribution in [0.15, 0.2) is 6.33 Å². The first kappa shape index (κ1) is 10.7. The van der Waals surface area contributed by atoms with Crippen molar-refractivity contribution in [3.8, 4) is 0 Å². The summed E-state index contributed by atoms with van der Waals surface area (Å²) >= 11 is 0. The fourth-order valence-electron chi connectivity index (χ4n) is 1.75. The zero-order valence-corrected chi connectivity index (χ0v) is 9.10. The Kier molecular flexibility index (Phi) is 2.69. The van der Waals surface area contributed by atoms with Gasteiger partial charge in [-0.15, -0.1) is 10.2 Å². The van der Waals surface area contributed by atoms with Crippen molar-refractivity contribution in [2.75, 3.05) is 0 Å². The van der Waals surface area contributed by atoms with Crippen LogP contribution in [0.5, 0.6) is 0 Å². The third-order valence-electron chi connectivity index (χ3n) is 2.55. The molecule has 1 aromatic rings. The van der Waals surface area contributed by atoms with Crippen LogP contribution >= 0.6 is 0 Å². The van der Waals surface area contributed by atoms with E-state index in [1.54, 1.807) is 10.9 Å². The van der Waals surface area contributed by atoms with Gasteiger partial charge in [0.15, 0.2) is 0 Å². The van der Waals surface area contributed by atoms with Crippen LogP contribution in [0.4, 0.5) is 0 Å². The van der Waals surface area contributed by atoms with Crippen LogP contribution in [0.3, 0.4) is 0 Å². The fraction of sp³-hybridized carbons (Fsp3) is 0.556. The smallest absolute Gasteiger partial charge is 0.244 e. The van der Waals surface area contributed by atoms with Crippen LogP contribution in [-0.2, 0) is 16.6 Å². The molecule has 2 unspecified atom stereocenters. The van der Waals surface area contributed by atoms with Gasteiger partial charge in [-0.2, -0.15) is 0 Å². The van der Waals surface area contributed by atoms with Gasteiger partial charge in [0.2, 0.25) is 11.8 Å². The average molecular weight is 223 g/mol. The topological polar surface area (TPSA) is 88.9 Å². The monoisotopic (exact) mass is 223 g/mol. The maximum Gasteiger partial charge on any atom is 0.244 e. The number of hydrogen-bond donors (Lipinski definition) is 2. The molecule has 0 saturated carbocycles. The molecule has 2 amide bonds. The molecule has 0 aliphatic carbocycles. The molecule has 0 radical (unpaired) electrons. The van der Waals surface area contributed by atoms with Gasteiger partial charge in [0.05, 0.1) is 18.5 Å². The van der Waals surface area contributed by atoms with Gasteiger partial charge >= 0.3 is 0 Å². The molecule has 1 aliphatic rings. The van der Waals surface area contributed by atoms with E-state index in [9.17, 15) is 9.59 Å². The quantitative estimate of drug-likeness (QED) is 0.634. The van der Waals surface area contributed by atoms with Gasteiger partial charge < -0.3 is 4.57 Å². The largest absolute Gasteiger partial charge is 0.319 e. The molecule has 2 rings (SSSR count). The minimum atomic E-state index is -0.473. The highest BCUT2D eigenvalue weighted by molar-refractivity contribution is 6.05. The van der Waals surface area contributed by atoms with E-state index in [-0.39, 0.29) is 24.3 Å². The van der Waals surface area contributed by atoms with Crippen molar-refractivity contribution >= 4 is 11.8 Å². The van der Waals surface area contributed by atoms with Gasteiger partial charge in [0.1, 0.15) is 12.2 Å². The molecule has 1 aliphatic heterocycles. The lowest BCUT2D eigenvalue weighted by Gasteiger charge is -2.15. The first-order valence-electron chi connectivity index (χ1n) is 5.01. The van der Waals surface area contributed by atoms with Crippen molar-refractivity contribution in [1.29, 1.82) is 0 Å². The van der Waals surface area contributed by atoms with Crippen molar-refractivity contribution in [2.45, 2.75) is 25.4 Å². The van der Waals surface area contributed by atoms with Gasteiger partial charge in [0, 0.05) is 7.05 Å². The highest BCUT2D eigenvalue weighted by Crippen LogP contribution is 2.11. The summed E-state index contributed by atoms with van der Waals surface area (Å²) in [4.78, 5) is 22.3. The molecule has 0 aromatic carbocycles. The predicted octanol–water partition coefficient (Wildman–Crippen LogP) is -1.12. The standard InChI is InChI=1S/C9H13N5O2/c1-5(8-13-10-4-14(8)2)11-6-3-7(15)12-9(6)16/h4-6,11H,3H2,1-2H3,(H,12,15,16). The van der Waals surface area contributed by atoms with E-state index < -0.39 is 6.04 Å². The summed E-state index contributed by atoms with van der Waals surface area (Å²) in [6.07, 6.45) is 1.77. The molecule has 2 atom stereocenters. The second-order valence-electron chi connectivity index (χ2n) is 3.86. The van der Waals surface area contributed by atoms with E-state index in [4.69, 9.17) is 0 Å². The minimum Gasteiger partial charge on any atom is -0.319 e. The van der Waals surface area contributed by atoms with Gasteiger partial charge in [-0.05, 0) is 6.92 Å².